The number of rotatable bonds is 7. The normalized spacial score (nSPS) is 10.6. The molecule has 0 heterocycles. The van der Waals surface area contributed by atoms with Crippen LogP contribution in [0, 0.1) is 27.6 Å². The number of anilines is 1. The smallest absolute Gasteiger partial charge is 0.335 e. The zero-order valence-corrected chi connectivity index (χ0v) is 16.3. The van der Waals surface area contributed by atoms with E-state index in [1.54, 1.807) is 60.7 Å². The van der Waals surface area contributed by atoms with Gasteiger partial charge in [-0.25, -0.2) is 4.39 Å². The molecule has 0 aliphatic rings. The van der Waals surface area contributed by atoms with Crippen molar-refractivity contribution in [2.24, 2.45) is 0 Å². The minimum Gasteiger partial charge on any atom is -0.483 e. The molecular weight excluding hydrogens is 413 g/mol. The summed E-state index contributed by atoms with van der Waals surface area (Å²) < 4.78 is 49.7. The highest BCUT2D eigenvalue weighted by atomic mass is 19.2. The highest BCUT2D eigenvalue weighted by Crippen LogP contribution is 2.42. The Morgan fingerprint density at radius 3 is 2.00 bits per heavy atom. The third-order valence-corrected chi connectivity index (χ3v) is 4.47. The van der Waals surface area contributed by atoms with Crippen LogP contribution in [-0.2, 0) is 17.9 Å². The summed E-state index contributed by atoms with van der Waals surface area (Å²) in [4.78, 5) is 23.2. The Balaban J connectivity index is 2.09. The first-order chi connectivity index (χ1) is 14.8. The summed E-state index contributed by atoms with van der Waals surface area (Å²) in [6.07, 6.45) is 0. The van der Waals surface area contributed by atoms with Crippen LogP contribution >= 0.6 is 0 Å². The van der Waals surface area contributed by atoms with Crippen molar-refractivity contribution in [3.8, 4) is 5.75 Å². The van der Waals surface area contributed by atoms with Crippen molar-refractivity contribution in [3.63, 3.8) is 0 Å². The van der Waals surface area contributed by atoms with Gasteiger partial charge in [0.2, 0.25) is 23.3 Å². The summed E-state index contributed by atoms with van der Waals surface area (Å²) in [7, 11) is 0. The summed E-state index contributed by atoms with van der Waals surface area (Å²) in [6, 6.07) is 16.4. The lowest BCUT2D eigenvalue weighted by Crippen LogP contribution is -2.30. The molecule has 0 bridgehead atoms. The summed E-state index contributed by atoms with van der Waals surface area (Å²) >= 11 is 0. The SMILES string of the molecule is CC(=O)N(Cc1ccccc1)c1c(F)c(F)c(OCc2ccccc2)c(F)c1[N+](=O)[O-]. The second-order valence-corrected chi connectivity index (χ2v) is 6.59. The topological polar surface area (TPSA) is 72.7 Å². The van der Waals surface area contributed by atoms with E-state index >= 15 is 0 Å². The summed E-state index contributed by atoms with van der Waals surface area (Å²) in [6.45, 7) is 0.351. The van der Waals surface area contributed by atoms with Gasteiger partial charge in [-0.2, -0.15) is 8.78 Å². The third-order valence-electron chi connectivity index (χ3n) is 4.47. The minimum atomic E-state index is -1.76. The van der Waals surface area contributed by atoms with Gasteiger partial charge in [-0.1, -0.05) is 60.7 Å². The Labute approximate surface area is 175 Å². The van der Waals surface area contributed by atoms with E-state index in [4.69, 9.17) is 4.74 Å². The van der Waals surface area contributed by atoms with Crippen molar-refractivity contribution in [1.29, 1.82) is 0 Å². The molecule has 3 aromatic rings. The molecule has 0 spiro atoms. The molecule has 0 fully saturated rings. The van der Waals surface area contributed by atoms with Crippen LogP contribution in [0.1, 0.15) is 18.1 Å². The Hall–Kier alpha value is -3.88. The summed E-state index contributed by atoms with van der Waals surface area (Å²) in [5.41, 5.74) is -1.48. The van der Waals surface area contributed by atoms with Crippen molar-refractivity contribution in [2.75, 3.05) is 4.90 Å². The molecule has 0 aromatic heterocycles. The maximum absolute atomic E-state index is 15.0. The molecular formula is C22H17F3N2O4. The maximum atomic E-state index is 15.0. The first-order valence-electron chi connectivity index (χ1n) is 9.14. The monoisotopic (exact) mass is 430 g/mol. The van der Waals surface area contributed by atoms with Crippen molar-refractivity contribution in [1.82, 2.24) is 0 Å². The van der Waals surface area contributed by atoms with Crippen LogP contribution in [0.2, 0.25) is 0 Å². The Bertz CT molecular complexity index is 1110. The van der Waals surface area contributed by atoms with E-state index in [-0.39, 0.29) is 13.2 Å². The predicted molar refractivity (Wildman–Crippen MR) is 107 cm³/mol. The lowest BCUT2D eigenvalue weighted by molar-refractivity contribution is -0.387. The quantitative estimate of drug-likeness (QED) is 0.295. The predicted octanol–water partition coefficient (Wildman–Crippen LogP) is 5.14. The number of ether oxygens (including phenoxy) is 1. The average Bonchev–Trinajstić information content (AvgIpc) is 2.75. The number of amides is 1. The van der Waals surface area contributed by atoms with Gasteiger partial charge >= 0.3 is 5.69 Å². The molecule has 0 saturated carbocycles. The molecule has 31 heavy (non-hydrogen) atoms. The van der Waals surface area contributed by atoms with Crippen LogP contribution < -0.4 is 9.64 Å². The number of benzene rings is 3. The van der Waals surface area contributed by atoms with Gasteiger partial charge in [-0.3, -0.25) is 19.8 Å². The molecule has 0 N–H and O–H groups in total. The molecule has 0 unspecified atom stereocenters. The van der Waals surface area contributed by atoms with Crippen molar-refractivity contribution in [3.05, 3.63) is 99.4 Å². The largest absolute Gasteiger partial charge is 0.483 e. The van der Waals surface area contributed by atoms with Crippen LogP contribution in [0.25, 0.3) is 0 Å². The van der Waals surface area contributed by atoms with Gasteiger partial charge in [0.1, 0.15) is 6.61 Å². The lowest BCUT2D eigenvalue weighted by Gasteiger charge is -2.23. The van der Waals surface area contributed by atoms with E-state index in [0.29, 0.717) is 16.0 Å². The number of nitro benzene ring substituents is 1. The maximum Gasteiger partial charge on any atom is 0.335 e. The van der Waals surface area contributed by atoms with Crippen molar-refractivity contribution in [2.45, 2.75) is 20.1 Å². The third kappa shape index (κ3) is 4.66. The van der Waals surface area contributed by atoms with Gasteiger partial charge in [0.05, 0.1) is 11.5 Å². The van der Waals surface area contributed by atoms with Crippen molar-refractivity contribution < 1.29 is 27.6 Å². The first-order valence-corrected chi connectivity index (χ1v) is 9.14. The van der Waals surface area contributed by atoms with Gasteiger partial charge in [0, 0.05) is 6.92 Å². The number of carbonyl (C=O) groups is 1. The molecule has 9 heteroatoms. The first kappa shape index (κ1) is 21.8. The number of hydrogen-bond acceptors (Lipinski definition) is 4. The molecule has 0 aliphatic carbocycles. The van der Waals surface area contributed by atoms with E-state index in [2.05, 4.69) is 0 Å². The van der Waals surface area contributed by atoms with E-state index in [9.17, 15) is 28.1 Å². The molecule has 1 amide bonds. The highest BCUT2D eigenvalue weighted by Gasteiger charge is 2.37. The summed E-state index contributed by atoms with van der Waals surface area (Å²) in [5.74, 6) is -7.26. The number of halogens is 3. The second kappa shape index (κ2) is 9.29. The average molecular weight is 430 g/mol. The van der Waals surface area contributed by atoms with Crippen LogP contribution in [0.3, 0.4) is 0 Å². The fraction of sp³-hybridized carbons (Fsp3) is 0.136. The van der Waals surface area contributed by atoms with Gasteiger partial charge < -0.3 is 4.74 Å². The van der Waals surface area contributed by atoms with Crippen LogP contribution in [0.4, 0.5) is 24.5 Å². The van der Waals surface area contributed by atoms with Gasteiger partial charge in [0.15, 0.2) is 11.5 Å². The Morgan fingerprint density at radius 1 is 0.935 bits per heavy atom. The molecule has 3 aromatic carbocycles. The number of nitro groups is 1. The van der Waals surface area contributed by atoms with Crippen LogP contribution in [0.5, 0.6) is 5.75 Å². The molecule has 160 valence electrons. The number of hydrogen-bond donors (Lipinski definition) is 0. The van der Waals surface area contributed by atoms with E-state index < -0.39 is 45.4 Å². The Morgan fingerprint density at radius 2 is 1.48 bits per heavy atom. The van der Waals surface area contributed by atoms with E-state index in [1.807, 2.05) is 0 Å². The second-order valence-electron chi connectivity index (χ2n) is 6.59. The van der Waals surface area contributed by atoms with Gasteiger partial charge in [0.25, 0.3) is 0 Å². The zero-order chi connectivity index (χ0) is 22.5. The fourth-order valence-electron chi connectivity index (χ4n) is 3.00. The van der Waals surface area contributed by atoms with Gasteiger partial charge in [-0.15, -0.1) is 0 Å². The van der Waals surface area contributed by atoms with Crippen LogP contribution in [0.15, 0.2) is 60.7 Å². The zero-order valence-electron chi connectivity index (χ0n) is 16.3. The van der Waals surface area contributed by atoms with Crippen LogP contribution in [-0.4, -0.2) is 10.8 Å². The van der Waals surface area contributed by atoms with Gasteiger partial charge in [-0.05, 0) is 11.1 Å². The molecule has 3 rings (SSSR count). The molecule has 6 nitrogen and oxygen atoms in total. The number of nitrogens with zero attached hydrogens (tertiary/aromatic N) is 2. The minimum absolute atomic E-state index is 0.322. The fourth-order valence-corrected chi connectivity index (χ4v) is 3.00. The standard InChI is InChI=1S/C22H17F3N2O4/c1-14(28)26(12-15-8-4-2-5-9-15)20-17(23)18(24)22(19(25)21(20)27(29)30)31-13-16-10-6-3-7-11-16/h2-11H,12-13H2,1H3. The van der Waals surface area contributed by atoms with E-state index in [1.165, 1.54) is 0 Å². The number of carbonyl (C=O) groups excluding carboxylic acids is 1. The molecule has 0 atom stereocenters. The molecule has 0 aliphatic heterocycles. The highest BCUT2D eigenvalue weighted by molar-refractivity contribution is 5.94. The van der Waals surface area contributed by atoms with Crippen molar-refractivity contribution >= 4 is 17.3 Å². The Kier molecular flexibility index (Phi) is 6.54. The lowest BCUT2D eigenvalue weighted by atomic mass is 10.1. The summed E-state index contributed by atoms with van der Waals surface area (Å²) in [5, 5.41) is 11.6. The molecule has 0 radical (unpaired) electrons. The van der Waals surface area contributed by atoms with E-state index in [0.717, 1.165) is 6.92 Å². The molecule has 0 saturated heterocycles.